The molecule has 0 aromatic carbocycles. The maximum Gasteiger partial charge on any atom is 0.316 e. The van der Waals surface area contributed by atoms with E-state index in [1.165, 1.54) is 11.8 Å². The molecule has 0 fully saturated rings. The Kier molecular flexibility index (Phi) is 7.03. The summed E-state index contributed by atoms with van der Waals surface area (Å²) >= 11 is 1.36. The summed E-state index contributed by atoms with van der Waals surface area (Å²) in [5, 5.41) is 17.1. The van der Waals surface area contributed by atoms with Gasteiger partial charge in [-0.05, 0) is 19.4 Å². The fourth-order valence-electron chi connectivity index (χ4n) is 0.931. The van der Waals surface area contributed by atoms with E-state index in [0.29, 0.717) is 19.4 Å². The molecule has 0 heterocycles. The summed E-state index contributed by atoms with van der Waals surface area (Å²) in [5.74, 6) is -0.819. The number of rotatable bonds is 7. The maximum atomic E-state index is 10.7. The Balaban J connectivity index is 3.86. The van der Waals surface area contributed by atoms with Gasteiger partial charge in [0, 0.05) is 11.9 Å². The number of hydrogen-bond donors (Lipinski definition) is 3. The van der Waals surface area contributed by atoms with Crippen LogP contribution in [0.5, 0.6) is 0 Å². The van der Waals surface area contributed by atoms with E-state index >= 15 is 0 Å². The van der Waals surface area contributed by atoms with E-state index in [1.807, 2.05) is 6.92 Å². The molecule has 0 aliphatic rings. The summed E-state index contributed by atoms with van der Waals surface area (Å²) in [4.78, 5) is 10.7. The number of carboxylic acids is 1. The first kappa shape index (κ1) is 12.7. The summed E-state index contributed by atoms with van der Waals surface area (Å²) in [6, 6.07) is 0. The van der Waals surface area contributed by atoms with Gasteiger partial charge in [-0.15, -0.1) is 11.8 Å². The minimum atomic E-state index is -0.819. The Morgan fingerprint density at radius 1 is 1.54 bits per heavy atom. The molecule has 0 aliphatic heterocycles. The molecule has 0 aromatic rings. The van der Waals surface area contributed by atoms with Crippen molar-refractivity contribution in [3.63, 3.8) is 0 Å². The molecule has 0 spiro atoms. The van der Waals surface area contributed by atoms with Crippen LogP contribution in [-0.4, -0.2) is 39.8 Å². The van der Waals surface area contributed by atoms with Crippen molar-refractivity contribution in [3.8, 4) is 0 Å². The Labute approximate surface area is 82.5 Å². The number of carbonyl (C=O) groups is 1. The van der Waals surface area contributed by atoms with Gasteiger partial charge >= 0.3 is 5.97 Å². The van der Waals surface area contributed by atoms with Crippen molar-refractivity contribution in [2.45, 2.75) is 30.3 Å². The van der Waals surface area contributed by atoms with Crippen LogP contribution in [0.25, 0.3) is 0 Å². The van der Waals surface area contributed by atoms with Crippen molar-refractivity contribution < 1.29 is 15.0 Å². The number of thioether (sulfide) groups is 1. The molecule has 2 atom stereocenters. The molecule has 0 bridgehead atoms. The Hall–Kier alpha value is -0.260. The van der Waals surface area contributed by atoms with Gasteiger partial charge < -0.3 is 15.9 Å². The molecule has 78 valence electrons. The van der Waals surface area contributed by atoms with Crippen LogP contribution >= 0.6 is 11.8 Å². The molecule has 0 rings (SSSR count). The number of aliphatic hydroxyl groups is 1. The average molecular weight is 207 g/mol. The van der Waals surface area contributed by atoms with Crippen LogP contribution in [-0.2, 0) is 4.79 Å². The minimum Gasteiger partial charge on any atom is -0.480 e. The predicted molar refractivity (Wildman–Crippen MR) is 53.9 cm³/mol. The van der Waals surface area contributed by atoms with Gasteiger partial charge in [-0.25, -0.2) is 0 Å². The molecular formula is C8H17NO3S. The second kappa shape index (κ2) is 7.17. The zero-order valence-corrected chi connectivity index (χ0v) is 8.59. The monoisotopic (exact) mass is 207 g/mol. The molecule has 5 heteroatoms. The number of aliphatic carboxylic acids is 1. The largest absolute Gasteiger partial charge is 0.480 e. The first-order valence-electron chi connectivity index (χ1n) is 4.31. The van der Waals surface area contributed by atoms with Crippen LogP contribution in [0.4, 0.5) is 0 Å². The van der Waals surface area contributed by atoms with Gasteiger partial charge in [0.15, 0.2) is 0 Å². The van der Waals surface area contributed by atoms with Crippen LogP contribution in [0.3, 0.4) is 0 Å². The number of carboxylic acid groups (broad SMARTS) is 1. The van der Waals surface area contributed by atoms with E-state index in [4.69, 9.17) is 15.9 Å². The van der Waals surface area contributed by atoms with Gasteiger partial charge in [0.2, 0.25) is 0 Å². The van der Waals surface area contributed by atoms with Crippen molar-refractivity contribution in [3.05, 3.63) is 0 Å². The molecule has 0 aromatic heterocycles. The maximum absolute atomic E-state index is 10.7. The lowest BCUT2D eigenvalue weighted by Crippen LogP contribution is -2.23. The van der Waals surface area contributed by atoms with E-state index < -0.39 is 11.2 Å². The summed E-state index contributed by atoms with van der Waals surface area (Å²) < 4.78 is 0. The van der Waals surface area contributed by atoms with Crippen molar-refractivity contribution >= 4 is 17.7 Å². The number of hydrogen-bond acceptors (Lipinski definition) is 4. The molecule has 0 radical (unpaired) electrons. The zero-order valence-electron chi connectivity index (χ0n) is 7.77. The van der Waals surface area contributed by atoms with Gasteiger partial charge in [-0.3, -0.25) is 4.79 Å². The summed E-state index contributed by atoms with van der Waals surface area (Å²) in [7, 11) is 0. The highest BCUT2D eigenvalue weighted by atomic mass is 32.2. The number of nitrogens with two attached hydrogens (primary N) is 1. The van der Waals surface area contributed by atoms with Crippen LogP contribution in [0.15, 0.2) is 0 Å². The molecule has 4 N–H and O–H groups in total. The molecule has 0 saturated carbocycles. The van der Waals surface area contributed by atoms with Crippen LogP contribution < -0.4 is 5.73 Å². The smallest absolute Gasteiger partial charge is 0.316 e. The van der Waals surface area contributed by atoms with Gasteiger partial charge in [-0.2, -0.15) is 0 Å². The average Bonchev–Trinajstić information content (AvgIpc) is 2.04. The highest BCUT2D eigenvalue weighted by Crippen LogP contribution is 2.22. The summed E-state index contributed by atoms with van der Waals surface area (Å²) in [6.07, 6.45) is 1.11. The second-order valence-corrected chi connectivity index (χ2v) is 4.51. The summed E-state index contributed by atoms with van der Waals surface area (Å²) in [5.41, 5.74) is 5.29. The SMILES string of the molecule is CC(CCO)SC(CCN)C(=O)O. The Bertz CT molecular complexity index is 154. The fraction of sp³-hybridized carbons (Fsp3) is 0.875. The van der Waals surface area contributed by atoms with Gasteiger partial charge in [-0.1, -0.05) is 6.92 Å². The molecule has 0 aliphatic carbocycles. The zero-order chi connectivity index (χ0) is 10.3. The van der Waals surface area contributed by atoms with E-state index in [-0.39, 0.29) is 11.9 Å². The van der Waals surface area contributed by atoms with Gasteiger partial charge in [0.25, 0.3) is 0 Å². The highest BCUT2D eigenvalue weighted by molar-refractivity contribution is 8.01. The van der Waals surface area contributed by atoms with Crippen molar-refractivity contribution in [1.29, 1.82) is 0 Å². The standard InChI is InChI=1S/C8H17NO3S/c1-6(3-5-10)13-7(2-4-9)8(11)12/h6-7,10H,2-5,9H2,1H3,(H,11,12). The van der Waals surface area contributed by atoms with Crippen LogP contribution in [0, 0.1) is 0 Å². The number of aliphatic hydroxyl groups excluding tert-OH is 1. The topological polar surface area (TPSA) is 83.5 Å². The lowest BCUT2D eigenvalue weighted by Gasteiger charge is -2.15. The van der Waals surface area contributed by atoms with E-state index in [1.54, 1.807) is 0 Å². The Morgan fingerprint density at radius 2 is 2.15 bits per heavy atom. The first-order chi connectivity index (χ1) is 6.11. The third-order valence-electron chi connectivity index (χ3n) is 1.64. The molecule has 13 heavy (non-hydrogen) atoms. The minimum absolute atomic E-state index is 0.100. The molecular weight excluding hydrogens is 190 g/mol. The lowest BCUT2D eigenvalue weighted by atomic mass is 10.3. The van der Waals surface area contributed by atoms with Crippen molar-refractivity contribution in [1.82, 2.24) is 0 Å². The normalized spacial score (nSPS) is 15.3. The van der Waals surface area contributed by atoms with E-state index in [2.05, 4.69) is 0 Å². The third-order valence-corrected chi connectivity index (χ3v) is 3.10. The highest BCUT2D eigenvalue weighted by Gasteiger charge is 2.19. The second-order valence-electron chi connectivity index (χ2n) is 2.86. The van der Waals surface area contributed by atoms with Crippen molar-refractivity contribution in [2.75, 3.05) is 13.2 Å². The van der Waals surface area contributed by atoms with Gasteiger partial charge in [0.1, 0.15) is 5.25 Å². The van der Waals surface area contributed by atoms with E-state index in [0.717, 1.165) is 0 Å². The quantitative estimate of drug-likeness (QED) is 0.559. The lowest BCUT2D eigenvalue weighted by molar-refractivity contribution is -0.136. The van der Waals surface area contributed by atoms with Crippen molar-refractivity contribution in [2.24, 2.45) is 5.73 Å². The van der Waals surface area contributed by atoms with Crippen LogP contribution in [0.1, 0.15) is 19.8 Å². The van der Waals surface area contributed by atoms with Crippen LogP contribution in [0.2, 0.25) is 0 Å². The van der Waals surface area contributed by atoms with Gasteiger partial charge in [0.05, 0.1) is 0 Å². The fourth-order valence-corrected chi connectivity index (χ4v) is 2.12. The Morgan fingerprint density at radius 3 is 2.54 bits per heavy atom. The molecule has 0 saturated heterocycles. The predicted octanol–water partition coefficient (Wildman–Crippen LogP) is 0.292. The van der Waals surface area contributed by atoms with E-state index in [9.17, 15) is 4.79 Å². The molecule has 4 nitrogen and oxygen atoms in total. The molecule has 0 amide bonds. The summed E-state index contributed by atoms with van der Waals surface area (Å²) in [6.45, 7) is 2.40. The molecule has 2 unspecified atom stereocenters. The third kappa shape index (κ3) is 5.90. The first-order valence-corrected chi connectivity index (χ1v) is 5.25.